The molecule has 0 saturated heterocycles. The lowest BCUT2D eigenvalue weighted by molar-refractivity contribution is -0.167. The van der Waals surface area contributed by atoms with Gasteiger partial charge in [0.15, 0.2) is 6.10 Å². The van der Waals surface area contributed by atoms with Crippen LogP contribution in [0.2, 0.25) is 0 Å². The second kappa shape index (κ2) is 51.7. The van der Waals surface area contributed by atoms with Gasteiger partial charge in [0.1, 0.15) is 13.2 Å². The minimum Gasteiger partial charge on any atom is -0.462 e. The van der Waals surface area contributed by atoms with Gasteiger partial charge in [0.2, 0.25) is 0 Å². The lowest BCUT2D eigenvalue weighted by Gasteiger charge is -2.18. The van der Waals surface area contributed by atoms with Crippen molar-refractivity contribution < 1.29 is 28.6 Å². The predicted octanol–water partition coefficient (Wildman–Crippen LogP) is 17.6. The summed E-state index contributed by atoms with van der Waals surface area (Å²) in [6, 6.07) is 0. The van der Waals surface area contributed by atoms with Crippen LogP contribution in [0.4, 0.5) is 0 Å². The average molecular weight is 881 g/mol. The molecule has 0 radical (unpaired) electrons. The molecular weight excluding hydrogens is 781 g/mol. The monoisotopic (exact) mass is 881 g/mol. The minimum absolute atomic E-state index is 0.0736. The first-order valence-corrected chi connectivity index (χ1v) is 26.8. The molecule has 0 rings (SSSR count). The average Bonchev–Trinajstić information content (AvgIpc) is 3.28. The van der Waals surface area contributed by atoms with Crippen molar-refractivity contribution in [3.63, 3.8) is 0 Å². The second-order valence-corrected chi connectivity index (χ2v) is 17.8. The third-order valence-electron chi connectivity index (χ3n) is 11.5. The predicted molar refractivity (Wildman–Crippen MR) is 270 cm³/mol. The maximum atomic E-state index is 12.7. The number of rotatable bonds is 48. The molecule has 0 amide bonds. The van der Waals surface area contributed by atoms with Crippen molar-refractivity contribution in [1.29, 1.82) is 0 Å². The van der Waals surface area contributed by atoms with Crippen LogP contribution in [0, 0.1) is 0 Å². The van der Waals surface area contributed by atoms with E-state index in [-0.39, 0.29) is 31.1 Å². The summed E-state index contributed by atoms with van der Waals surface area (Å²) in [5.41, 5.74) is 0. The summed E-state index contributed by atoms with van der Waals surface area (Å²) < 4.78 is 16.7. The topological polar surface area (TPSA) is 78.9 Å². The lowest BCUT2D eigenvalue weighted by atomic mass is 10.0. The number of unbranched alkanes of at least 4 members (excludes halogenated alkanes) is 27. The standard InChI is InChI=1S/C57H100O6/c1-4-7-10-13-16-18-20-22-24-25-26-27-28-29-30-31-32-33-34-36-37-39-41-44-47-50-56(59)62-53-54(52-61-55(58)49-46-43-15-12-9-6-3)63-57(60)51-48-45-42-40-38-35-23-21-19-17-14-11-8-5-2/h7,10,16,18,22,24,26-27,29-30,54H,4-6,8-9,11-15,17,19-21,23,25,28,31-53H2,1-3H3/b10-7-,18-16-,24-22-,27-26-,30-29-. The molecule has 0 fully saturated rings. The maximum Gasteiger partial charge on any atom is 0.306 e. The normalized spacial score (nSPS) is 12.5. The fourth-order valence-corrected chi connectivity index (χ4v) is 7.53. The molecule has 0 saturated carbocycles. The lowest BCUT2D eigenvalue weighted by Crippen LogP contribution is -2.30. The Morgan fingerprint density at radius 2 is 0.619 bits per heavy atom. The molecule has 364 valence electrons. The Morgan fingerprint density at radius 3 is 0.968 bits per heavy atom. The first-order valence-electron chi connectivity index (χ1n) is 26.8. The fourth-order valence-electron chi connectivity index (χ4n) is 7.53. The van der Waals surface area contributed by atoms with Gasteiger partial charge in [-0.1, -0.05) is 242 Å². The van der Waals surface area contributed by atoms with E-state index < -0.39 is 6.10 Å². The molecule has 1 unspecified atom stereocenters. The van der Waals surface area contributed by atoms with Crippen molar-refractivity contribution in [2.75, 3.05) is 13.2 Å². The van der Waals surface area contributed by atoms with Crippen LogP contribution in [-0.4, -0.2) is 37.2 Å². The van der Waals surface area contributed by atoms with Gasteiger partial charge in [-0.25, -0.2) is 0 Å². The van der Waals surface area contributed by atoms with Crippen LogP contribution in [0.5, 0.6) is 0 Å². The molecule has 0 aromatic heterocycles. The molecule has 0 N–H and O–H groups in total. The number of hydrogen-bond donors (Lipinski definition) is 0. The Balaban J connectivity index is 4.14. The van der Waals surface area contributed by atoms with Crippen LogP contribution in [0.3, 0.4) is 0 Å². The maximum absolute atomic E-state index is 12.7. The summed E-state index contributed by atoms with van der Waals surface area (Å²) in [5, 5.41) is 0. The quantitative estimate of drug-likeness (QED) is 0.0262. The highest BCUT2D eigenvalue weighted by atomic mass is 16.6. The van der Waals surface area contributed by atoms with E-state index in [0.29, 0.717) is 19.3 Å². The van der Waals surface area contributed by atoms with Crippen molar-refractivity contribution in [2.24, 2.45) is 0 Å². The first-order chi connectivity index (χ1) is 31.0. The summed E-state index contributed by atoms with van der Waals surface area (Å²) in [6.07, 6.45) is 63.8. The zero-order valence-electron chi connectivity index (χ0n) is 41.6. The van der Waals surface area contributed by atoms with Gasteiger partial charge in [0, 0.05) is 19.3 Å². The zero-order valence-corrected chi connectivity index (χ0v) is 41.6. The van der Waals surface area contributed by atoms with E-state index in [0.717, 1.165) is 96.3 Å². The van der Waals surface area contributed by atoms with E-state index in [4.69, 9.17) is 14.2 Å². The molecule has 0 aromatic carbocycles. The van der Waals surface area contributed by atoms with Gasteiger partial charge in [-0.3, -0.25) is 14.4 Å². The Labute approximate surface area is 390 Å². The van der Waals surface area contributed by atoms with E-state index in [1.165, 1.54) is 128 Å². The SMILES string of the molecule is CC/C=C\C/C=C\C/C=C\C/C=C\C/C=C\CCCCCCCCCCCC(=O)OCC(COC(=O)CCCCCCCC)OC(=O)CCCCCCCCCCCCCCCC. The Morgan fingerprint density at radius 1 is 0.333 bits per heavy atom. The van der Waals surface area contributed by atoms with Crippen LogP contribution >= 0.6 is 0 Å². The number of ether oxygens (including phenoxy) is 3. The summed E-state index contributed by atoms with van der Waals surface area (Å²) >= 11 is 0. The molecule has 0 aliphatic carbocycles. The first kappa shape index (κ1) is 60.1. The molecule has 6 heteroatoms. The number of carbonyl (C=O) groups excluding carboxylic acids is 3. The van der Waals surface area contributed by atoms with Crippen molar-refractivity contribution in [3.8, 4) is 0 Å². The van der Waals surface area contributed by atoms with E-state index in [2.05, 4.69) is 81.5 Å². The fraction of sp³-hybridized carbons (Fsp3) is 0.772. The third kappa shape index (κ3) is 50.0. The van der Waals surface area contributed by atoms with E-state index in [9.17, 15) is 14.4 Å². The van der Waals surface area contributed by atoms with Crippen LogP contribution < -0.4 is 0 Å². The second-order valence-electron chi connectivity index (χ2n) is 17.8. The molecule has 1 atom stereocenters. The van der Waals surface area contributed by atoms with E-state index in [1.54, 1.807) is 0 Å². The number of hydrogen-bond acceptors (Lipinski definition) is 6. The summed E-state index contributed by atoms with van der Waals surface area (Å²) in [5.74, 6) is -0.882. The number of carbonyl (C=O) groups is 3. The van der Waals surface area contributed by atoms with Crippen LogP contribution in [-0.2, 0) is 28.6 Å². The highest BCUT2D eigenvalue weighted by molar-refractivity contribution is 5.71. The van der Waals surface area contributed by atoms with Gasteiger partial charge in [-0.15, -0.1) is 0 Å². The molecule has 0 spiro atoms. The van der Waals surface area contributed by atoms with E-state index >= 15 is 0 Å². The molecule has 0 aliphatic rings. The minimum atomic E-state index is -0.770. The van der Waals surface area contributed by atoms with Crippen molar-refractivity contribution in [1.82, 2.24) is 0 Å². The van der Waals surface area contributed by atoms with Crippen LogP contribution in [0.25, 0.3) is 0 Å². The number of allylic oxidation sites excluding steroid dienone is 10. The smallest absolute Gasteiger partial charge is 0.306 e. The highest BCUT2D eigenvalue weighted by Crippen LogP contribution is 2.16. The molecule has 0 heterocycles. The summed E-state index contributed by atoms with van der Waals surface area (Å²) in [6.45, 7) is 6.47. The van der Waals surface area contributed by atoms with Gasteiger partial charge in [-0.2, -0.15) is 0 Å². The van der Waals surface area contributed by atoms with Crippen LogP contribution in [0.1, 0.15) is 265 Å². The molecule has 0 bridgehead atoms. The third-order valence-corrected chi connectivity index (χ3v) is 11.5. The van der Waals surface area contributed by atoms with Gasteiger partial charge in [0.25, 0.3) is 0 Å². The molecule has 6 nitrogen and oxygen atoms in total. The highest BCUT2D eigenvalue weighted by Gasteiger charge is 2.19. The number of esters is 3. The van der Waals surface area contributed by atoms with Crippen molar-refractivity contribution >= 4 is 17.9 Å². The summed E-state index contributed by atoms with van der Waals surface area (Å²) in [7, 11) is 0. The Bertz CT molecular complexity index is 1150. The zero-order chi connectivity index (χ0) is 45.8. The molecule has 63 heavy (non-hydrogen) atoms. The van der Waals surface area contributed by atoms with Crippen molar-refractivity contribution in [2.45, 2.75) is 271 Å². The van der Waals surface area contributed by atoms with Gasteiger partial charge >= 0.3 is 17.9 Å². The largest absolute Gasteiger partial charge is 0.462 e. The van der Waals surface area contributed by atoms with E-state index in [1.807, 2.05) is 0 Å². The molecular formula is C57H100O6. The van der Waals surface area contributed by atoms with Crippen molar-refractivity contribution in [3.05, 3.63) is 60.8 Å². The van der Waals surface area contributed by atoms with Gasteiger partial charge in [0.05, 0.1) is 0 Å². The van der Waals surface area contributed by atoms with Crippen LogP contribution in [0.15, 0.2) is 60.8 Å². The molecule has 0 aliphatic heterocycles. The Kier molecular flexibility index (Phi) is 49.4. The van der Waals surface area contributed by atoms with Gasteiger partial charge in [-0.05, 0) is 64.2 Å². The van der Waals surface area contributed by atoms with Gasteiger partial charge < -0.3 is 14.2 Å². The Hall–Kier alpha value is -2.89. The summed E-state index contributed by atoms with van der Waals surface area (Å²) in [4.78, 5) is 37.8. The molecule has 0 aromatic rings.